The number of rotatable bonds is 6. The van der Waals surface area contributed by atoms with Crippen LogP contribution in [-0.2, 0) is 4.79 Å². The molecule has 25 heavy (non-hydrogen) atoms. The number of nitrogens with zero attached hydrogens (tertiary/aromatic N) is 1. The van der Waals surface area contributed by atoms with Crippen molar-refractivity contribution in [3.8, 4) is 11.5 Å². The number of amides is 1. The van der Waals surface area contributed by atoms with Crippen molar-refractivity contribution < 1.29 is 14.3 Å². The Morgan fingerprint density at radius 3 is 2.44 bits per heavy atom. The molecule has 0 heterocycles. The van der Waals surface area contributed by atoms with Crippen molar-refractivity contribution in [1.82, 2.24) is 5.43 Å². The summed E-state index contributed by atoms with van der Waals surface area (Å²) in [5.74, 6) is 0.941. The van der Waals surface area contributed by atoms with E-state index >= 15 is 0 Å². The Balaban J connectivity index is 1.90. The Labute approximate surface area is 171 Å². The molecule has 2 rings (SSSR count). The fourth-order valence-electron chi connectivity index (χ4n) is 1.94. The first kappa shape index (κ1) is 19.9. The maximum atomic E-state index is 11.9. The van der Waals surface area contributed by atoms with Crippen LogP contribution in [0, 0.1) is 6.92 Å². The molecular weight excluding hydrogens is 520 g/mol. The van der Waals surface area contributed by atoms with Gasteiger partial charge in [-0.15, -0.1) is 0 Å². The van der Waals surface area contributed by atoms with Gasteiger partial charge in [0.1, 0.15) is 11.5 Å². The van der Waals surface area contributed by atoms with Crippen LogP contribution in [0.4, 0.5) is 0 Å². The lowest BCUT2D eigenvalue weighted by Crippen LogP contribution is -2.24. The topological polar surface area (TPSA) is 59.9 Å². The second kappa shape index (κ2) is 9.35. The summed E-state index contributed by atoms with van der Waals surface area (Å²) in [4.78, 5) is 11.9. The molecule has 0 radical (unpaired) electrons. The fraction of sp³-hybridized carbons (Fsp3) is 0.176. The first-order valence-electron chi connectivity index (χ1n) is 7.14. The van der Waals surface area contributed by atoms with Crippen LogP contribution in [0.5, 0.6) is 11.5 Å². The predicted molar refractivity (Wildman–Crippen MR) is 109 cm³/mol. The van der Waals surface area contributed by atoms with Gasteiger partial charge in [-0.25, -0.2) is 5.43 Å². The monoisotopic (exact) mass is 532 g/mol. The van der Waals surface area contributed by atoms with E-state index in [9.17, 15) is 4.79 Å². The Hall–Kier alpha value is -1.38. The van der Waals surface area contributed by atoms with Crippen molar-refractivity contribution >= 4 is 59.9 Å². The minimum absolute atomic E-state index is 0.149. The van der Waals surface area contributed by atoms with E-state index in [1.807, 2.05) is 37.3 Å². The molecule has 0 fully saturated rings. The van der Waals surface area contributed by atoms with Gasteiger partial charge in [0.25, 0.3) is 5.91 Å². The van der Waals surface area contributed by atoms with Crippen LogP contribution in [0.3, 0.4) is 0 Å². The summed E-state index contributed by atoms with van der Waals surface area (Å²) in [5.41, 5.74) is 4.32. The highest BCUT2D eigenvalue weighted by Gasteiger charge is 2.10. The van der Waals surface area contributed by atoms with Gasteiger partial charge in [-0.2, -0.15) is 5.10 Å². The number of ether oxygens (including phenoxy) is 2. The van der Waals surface area contributed by atoms with Gasteiger partial charge in [0, 0.05) is 0 Å². The largest absolute Gasteiger partial charge is 0.496 e. The number of benzene rings is 2. The maximum absolute atomic E-state index is 11.9. The van der Waals surface area contributed by atoms with E-state index in [-0.39, 0.29) is 12.5 Å². The lowest BCUT2D eigenvalue weighted by atomic mass is 10.2. The quantitative estimate of drug-likeness (QED) is 0.427. The van der Waals surface area contributed by atoms with Gasteiger partial charge in [0.2, 0.25) is 0 Å². The summed E-state index contributed by atoms with van der Waals surface area (Å²) in [6.07, 6.45) is 1.54. The number of carbonyl (C=O) groups excluding carboxylic acids is 1. The average Bonchev–Trinajstić information content (AvgIpc) is 2.54. The number of hydrazone groups is 1. The van der Waals surface area contributed by atoms with Gasteiger partial charge in [0.15, 0.2) is 6.61 Å². The van der Waals surface area contributed by atoms with E-state index in [0.29, 0.717) is 5.75 Å². The van der Waals surface area contributed by atoms with Crippen molar-refractivity contribution in [3.05, 3.63) is 54.9 Å². The summed E-state index contributed by atoms with van der Waals surface area (Å²) in [6, 6.07) is 9.31. The first-order chi connectivity index (χ1) is 11.9. The summed E-state index contributed by atoms with van der Waals surface area (Å²) in [7, 11) is 1.60. The van der Waals surface area contributed by atoms with Crippen molar-refractivity contribution in [2.45, 2.75) is 6.92 Å². The van der Waals surface area contributed by atoms with Crippen molar-refractivity contribution in [1.29, 1.82) is 0 Å². The Bertz CT molecular complexity index is 787. The van der Waals surface area contributed by atoms with E-state index in [1.54, 1.807) is 13.3 Å². The zero-order valence-electron chi connectivity index (χ0n) is 13.5. The standard InChI is InChI=1S/C17H15Br3N2O3/c1-10-5-13(19)17(14(20)6-10)25-9-16(23)22-21-8-11-3-4-15(24-2)12(18)7-11/h3-8H,9H2,1-2H3,(H,22,23)/b21-8-. The molecular formula is C17H15Br3N2O3. The smallest absolute Gasteiger partial charge is 0.277 e. The highest BCUT2D eigenvalue weighted by molar-refractivity contribution is 9.11. The van der Waals surface area contributed by atoms with E-state index in [2.05, 4.69) is 58.3 Å². The minimum atomic E-state index is -0.358. The van der Waals surface area contributed by atoms with E-state index < -0.39 is 0 Å². The number of hydrogen-bond acceptors (Lipinski definition) is 4. The summed E-state index contributed by atoms with van der Waals surface area (Å²) in [6.45, 7) is 1.82. The lowest BCUT2D eigenvalue weighted by Gasteiger charge is -2.10. The molecule has 0 aromatic heterocycles. The van der Waals surface area contributed by atoms with Gasteiger partial charge < -0.3 is 9.47 Å². The van der Waals surface area contributed by atoms with Crippen molar-refractivity contribution in [3.63, 3.8) is 0 Å². The van der Waals surface area contributed by atoms with Gasteiger partial charge in [0.05, 0.1) is 26.7 Å². The molecule has 0 saturated carbocycles. The highest BCUT2D eigenvalue weighted by atomic mass is 79.9. The van der Waals surface area contributed by atoms with Crippen LogP contribution < -0.4 is 14.9 Å². The second-order valence-corrected chi connectivity index (χ2v) is 7.60. The van der Waals surface area contributed by atoms with Crippen LogP contribution in [0.1, 0.15) is 11.1 Å². The van der Waals surface area contributed by atoms with Crippen LogP contribution in [-0.4, -0.2) is 25.8 Å². The third kappa shape index (κ3) is 5.83. The Kier molecular flexibility index (Phi) is 7.46. The number of halogens is 3. The summed E-state index contributed by atoms with van der Waals surface area (Å²) in [5, 5.41) is 3.92. The van der Waals surface area contributed by atoms with E-state index in [4.69, 9.17) is 9.47 Å². The third-order valence-electron chi connectivity index (χ3n) is 3.07. The Morgan fingerprint density at radius 1 is 1.16 bits per heavy atom. The average molecular weight is 535 g/mol. The molecule has 132 valence electrons. The third-order valence-corrected chi connectivity index (χ3v) is 4.87. The van der Waals surface area contributed by atoms with Gasteiger partial charge in [-0.1, -0.05) is 0 Å². The molecule has 0 spiro atoms. The molecule has 0 saturated heterocycles. The SMILES string of the molecule is COc1ccc(/C=N\NC(=O)COc2c(Br)cc(C)cc2Br)cc1Br. The van der Waals surface area contributed by atoms with Crippen LogP contribution in [0.2, 0.25) is 0 Å². The fourth-order valence-corrected chi connectivity index (χ4v) is 4.14. The van der Waals surface area contributed by atoms with Crippen LogP contribution >= 0.6 is 47.8 Å². The molecule has 5 nitrogen and oxygen atoms in total. The number of nitrogens with one attached hydrogen (secondary N) is 1. The maximum Gasteiger partial charge on any atom is 0.277 e. The molecule has 1 N–H and O–H groups in total. The molecule has 0 aliphatic rings. The summed E-state index contributed by atoms with van der Waals surface area (Å²) >= 11 is 10.2. The van der Waals surface area contributed by atoms with Gasteiger partial charge in [-0.05, 0) is 96.2 Å². The van der Waals surface area contributed by atoms with E-state index in [1.165, 1.54) is 0 Å². The molecule has 0 aliphatic heterocycles. The highest BCUT2D eigenvalue weighted by Crippen LogP contribution is 2.34. The molecule has 8 heteroatoms. The van der Waals surface area contributed by atoms with E-state index in [0.717, 1.165) is 30.3 Å². The summed E-state index contributed by atoms with van der Waals surface area (Å²) < 4.78 is 13.1. The predicted octanol–water partition coefficient (Wildman–Crippen LogP) is 4.82. The van der Waals surface area contributed by atoms with Crippen molar-refractivity contribution in [2.24, 2.45) is 5.10 Å². The van der Waals surface area contributed by atoms with Crippen LogP contribution in [0.15, 0.2) is 48.9 Å². The Morgan fingerprint density at radius 2 is 1.84 bits per heavy atom. The zero-order chi connectivity index (χ0) is 18.4. The van der Waals surface area contributed by atoms with Gasteiger partial charge in [-0.3, -0.25) is 4.79 Å². The normalized spacial score (nSPS) is 10.8. The minimum Gasteiger partial charge on any atom is -0.496 e. The second-order valence-electron chi connectivity index (χ2n) is 5.03. The number of carbonyl (C=O) groups is 1. The van der Waals surface area contributed by atoms with Gasteiger partial charge >= 0.3 is 0 Å². The first-order valence-corrected chi connectivity index (χ1v) is 9.52. The molecule has 0 unspecified atom stereocenters. The molecule has 0 atom stereocenters. The number of aryl methyl sites for hydroxylation is 1. The molecule has 2 aromatic rings. The van der Waals surface area contributed by atoms with Crippen LogP contribution in [0.25, 0.3) is 0 Å². The number of hydrogen-bond donors (Lipinski definition) is 1. The lowest BCUT2D eigenvalue weighted by molar-refractivity contribution is -0.123. The molecule has 0 bridgehead atoms. The van der Waals surface area contributed by atoms with Crippen molar-refractivity contribution in [2.75, 3.05) is 13.7 Å². The molecule has 1 amide bonds. The molecule has 2 aromatic carbocycles. The number of methoxy groups -OCH3 is 1. The zero-order valence-corrected chi connectivity index (χ0v) is 18.2. The molecule has 0 aliphatic carbocycles.